The van der Waals surface area contributed by atoms with Gasteiger partial charge in [0.15, 0.2) is 0 Å². The molecule has 0 aliphatic rings. The van der Waals surface area contributed by atoms with Crippen LogP contribution in [0.3, 0.4) is 0 Å². The molecule has 3 rings (SSSR count). The number of benzene rings is 1. The number of pyridine rings is 1. The summed E-state index contributed by atoms with van der Waals surface area (Å²) in [5.74, 6) is 0. The summed E-state index contributed by atoms with van der Waals surface area (Å²) >= 11 is 0. The van der Waals surface area contributed by atoms with Gasteiger partial charge in [-0.15, -0.1) is 0 Å². The standard InChI is InChI=1S/C15H11N3/c16-10-13-6-4-12(5-7-13)9-14-11-18-8-2-1-3-15(18)17-14/h1-8,11H,9H2. The van der Waals surface area contributed by atoms with Crippen LogP contribution in [-0.2, 0) is 6.42 Å². The first-order valence-corrected chi connectivity index (χ1v) is 5.77. The Balaban J connectivity index is 1.89. The van der Waals surface area contributed by atoms with Crippen molar-refractivity contribution >= 4 is 5.65 Å². The third-order valence-electron chi connectivity index (χ3n) is 2.88. The largest absolute Gasteiger partial charge is 0.307 e. The predicted octanol–water partition coefficient (Wildman–Crippen LogP) is 2.80. The van der Waals surface area contributed by atoms with Crippen molar-refractivity contribution in [1.82, 2.24) is 9.38 Å². The van der Waals surface area contributed by atoms with Crippen LogP contribution in [0.15, 0.2) is 54.9 Å². The smallest absolute Gasteiger partial charge is 0.136 e. The van der Waals surface area contributed by atoms with Gasteiger partial charge in [-0.3, -0.25) is 0 Å². The molecule has 0 N–H and O–H groups in total. The first kappa shape index (κ1) is 10.5. The van der Waals surface area contributed by atoms with Gasteiger partial charge in [-0.25, -0.2) is 4.98 Å². The fourth-order valence-electron chi connectivity index (χ4n) is 1.98. The lowest BCUT2D eigenvalue weighted by molar-refractivity contribution is 1.11. The molecule has 0 saturated heterocycles. The Morgan fingerprint density at radius 3 is 2.67 bits per heavy atom. The number of nitrogens with zero attached hydrogens (tertiary/aromatic N) is 3. The van der Waals surface area contributed by atoms with Crippen LogP contribution in [0.4, 0.5) is 0 Å². The summed E-state index contributed by atoms with van der Waals surface area (Å²) < 4.78 is 2.01. The van der Waals surface area contributed by atoms with Gasteiger partial charge in [0.2, 0.25) is 0 Å². The zero-order valence-corrected chi connectivity index (χ0v) is 9.74. The van der Waals surface area contributed by atoms with Crippen molar-refractivity contribution in [1.29, 1.82) is 5.26 Å². The van der Waals surface area contributed by atoms with Crippen molar-refractivity contribution in [3.8, 4) is 6.07 Å². The quantitative estimate of drug-likeness (QED) is 0.683. The van der Waals surface area contributed by atoms with Crippen molar-refractivity contribution in [2.24, 2.45) is 0 Å². The highest BCUT2D eigenvalue weighted by Crippen LogP contribution is 2.11. The molecule has 0 saturated carbocycles. The second-order valence-corrected chi connectivity index (χ2v) is 4.18. The van der Waals surface area contributed by atoms with E-state index in [4.69, 9.17) is 5.26 Å². The minimum absolute atomic E-state index is 0.689. The lowest BCUT2D eigenvalue weighted by atomic mass is 10.1. The molecule has 2 heterocycles. The van der Waals surface area contributed by atoms with E-state index >= 15 is 0 Å². The highest BCUT2D eigenvalue weighted by Gasteiger charge is 2.02. The molecule has 0 atom stereocenters. The van der Waals surface area contributed by atoms with E-state index in [0.717, 1.165) is 23.3 Å². The minimum Gasteiger partial charge on any atom is -0.307 e. The predicted molar refractivity (Wildman–Crippen MR) is 69.2 cm³/mol. The molecule has 3 nitrogen and oxygen atoms in total. The summed E-state index contributed by atoms with van der Waals surface area (Å²) in [7, 11) is 0. The lowest BCUT2D eigenvalue weighted by Gasteiger charge is -1.97. The van der Waals surface area contributed by atoms with Crippen molar-refractivity contribution in [3.05, 3.63) is 71.7 Å². The minimum atomic E-state index is 0.689. The van der Waals surface area contributed by atoms with Gasteiger partial charge in [0.05, 0.1) is 17.3 Å². The number of imidazole rings is 1. The van der Waals surface area contributed by atoms with Gasteiger partial charge < -0.3 is 4.40 Å². The van der Waals surface area contributed by atoms with Crippen LogP contribution in [0.1, 0.15) is 16.8 Å². The summed E-state index contributed by atoms with van der Waals surface area (Å²) in [6, 6.07) is 15.7. The van der Waals surface area contributed by atoms with E-state index in [2.05, 4.69) is 11.1 Å². The van der Waals surface area contributed by atoms with E-state index in [1.54, 1.807) is 0 Å². The highest BCUT2D eigenvalue weighted by atomic mass is 15.0. The van der Waals surface area contributed by atoms with Gasteiger partial charge in [-0.2, -0.15) is 5.26 Å². The molecule has 0 spiro atoms. The van der Waals surface area contributed by atoms with Crippen molar-refractivity contribution in [2.45, 2.75) is 6.42 Å². The molecule has 86 valence electrons. The van der Waals surface area contributed by atoms with Crippen molar-refractivity contribution < 1.29 is 0 Å². The number of hydrogen-bond donors (Lipinski definition) is 0. The van der Waals surface area contributed by atoms with E-state index < -0.39 is 0 Å². The number of aromatic nitrogens is 2. The molecule has 0 aliphatic carbocycles. The highest BCUT2D eigenvalue weighted by molar-refractivity contribution is 5.41. The van der Waals surface area contributed by atoms with E-state index in [1.807, 2.05) is 59.3 Å². The lowest BCUT2D eigenvalue weighted by Crippen LogP contribution is -1.88. The van der Waals surface area contributed by atoms with Gasteiger partial charge in [0.1, 0.15) is 5.65 Å². The maximum atomic E-state index is 8.75. The molecule has 2 aromatic heterocycles. The molecule has 0 amide bonds. The number of rotatable bonds is 2. The van der Waals surface area contributed by atoms with Gasteiger partial charge >= 0.3 is 0 Å². The molecule has 0 bridgehead atoms. The number of hydrogen-bond acceptors (Lipinski definition) is 2. The van der Waals surface area contributed by atoms with E-state index in [9.17, 15) is 0 Å². The van der Waals surface area contributed by atoms with Crippen molar-refractivity contribution in [3.63, 3.8) is 0 Å². The molecule has 3 heteroatoms. The average Bonchev–Trinajstić information content (AvgIpc) is 2.82. The van der Waals surface area contributed by atoms with Gasteiger partial charge in [-0.1, -0.05) is 18.2 Å². The van der Waals surface area contributed by atoms with Crippen molar-refractivity contribution in [2.75, 3.05) is 0 Å². The molecule has 0 fully saturated rings. The van der Waals surface area contributed by atoms with E-state index in [0.29, 0.717) is 5.56 Å². The van der Waals surface area contributed by atoms with Crippen LogP contribution >= 0.6 is 0 Å². The Morgan fingerprint density at radius 2 is 1.94 bits per heavy atom. The van der Waals surface area contributed by atoms with E-state index in [1.165, 1.54) is 0 Å². The maximum absolute atomic E-state index is 8.75. The Morgan fingerprint density at radius 1 is 1.11 bits per heavy atom. The zero-order valence-electron chi connectivity index (χ0n) is 9.74. The molecular weight excluding hydrogens is 222 g/mol. The molecule has 1 aromatic carbocycles. The normalized spacial score (nSPS) is 10.4. The topological polar surface area (TPSA) is 41.1 Å². The maximum Gasteiger partial charge on any atom is 0.136 e. The average molecular weight is 233 g/mol. The second-order valence-electron chi connectivity index (χ2n) is 4.18. The number of fused-ring (bicyclic) bond motifs is 1. The van der Waals surface area contributed by atoms with Gasteiger partial charge in [-0.05, 0) is 29.8 Å². The monoisotopic (exact) mass is 233 g/mol. The number of nitriles is 1. The Labute approximate surface area is 105 Å². The van der Waals surface area contributed by atoms with E-state index in [-0.39, 0.29) is 0 Å². The molecular formula is C15H11N3. The summed E-state index contributed by atoms with van der Waals surface area (Å²) in [5.41, 5.74) is 3.85. The summed E-state index contributed by atoms with van der Waals surface area (Å²) in [4.78, 5) is 4.55. The molecule has 18 heavy (non-hydrogen) atoms. The third-order valence-corrected chi connectivity index (χ3v) is 2.88. The Hall–Kier alpha value is -2.60. The molecule has 3 aromatic rings. The molecule has 0 unspecified atom stereocenters. The third kappa shape index (κ3) is 1.96. The fourth-order valence-corrected chi connectivity index (χ4v) is 1.98. The first-order chi connectivity index (χ1) is 8.85. The van der Waals surface area contributed by atoms with Crippen LogP contribution in [0.2, 0.25) is 0 Å². The Kier molecular flexibility index (Phi) is 2.54. The summed E-state index contributed by atoms with van der Waals surface area (Å²) in [5, 5.41) is 8.75. The molecule has 0 radical (unpaired) electrons. The van der Waals surface area contributed by atoms with Crippen LogP contribution in [-0.4, -0.2) is 9.38 Å². The van der Waals surface area contributed by atoms with Crippen LogP contribution < -0.4 is 0 Å². The summed E-state index contributed by atoms with van der Waals surface area (Å²) in [6.07, 6.45) is 4.81. The second kappa shape index (κ2) is 4.34. The SMILES string of the molecule is N#Cc1ccc(Cc2cn3ccccc3n2)cc1. The fraction of sp³-hybridized carbons (Fsp3) is 0.0667. The molecule has 0 aliphatic heterocycles. The van der Waals surface area contributed by atoms with Crippen LogP contribution in [0.5, 0.6) is 0 Å². The Bertz CT molecular complexity index is 684. The first-order valence-electron chi connectivity index (χ1n) is 5.77. The van der Waals surface area contributed by atoms with Crippen LogP contribution in [0.25, 0.3) is 5.65 Å². The summed E-state index contributed by atoms with van der Waals surface area (Å²) in [6.45, 7) is 0. The van der Waals surface area contributed by atoms with Crippen LogP contribution in [0, 0.1) is 11.3 Å². The van der Waals surface area contributed by atoms with Gasteiger partial charge in [0, 0.05) is 18.8 Å². The zero-order chi connectivity index (χ0) is 12.4. The van der Waals surface area contributed by atoms with Gasteiger partial charge in [0.25, 0.3) is 0 Å².